The molecule has 7 nitrogen and oxygen atoms in total. The number of unbranched alkanes of at least 4 members (excludes halogenated alkanes) is 2. The summed E-state index contributed by atoms with van der Waals surface area (Å²) in [4.78, 5) is 28.7. The largest absolute Gasteiger partial charge is 0.494 e. The van der Waals surface area contributed by atoms with E-state index in [1.165, 1.54) is 0 Å². The Morgan fingerprint density at radius 3 is 2.15 bits per heavy atom. The number of aromatic nitrogens is 2. The van der Waals surface area contributed by atoms with Gasteiger partial charge in [0.1, 0.15) is 11.4 Å². The zero-order chi connectivity index (χ0) is 15.1. The normalized spacial score (nSPS) is 10.5. The molecule has 0 fully saturated rings. The van der Waals surface area contributed by atoms with Crippen LogP contribution >= 0.6 is 0 Å². The van der Waals surface area contributed by atoms with Gasteiger partial charge in [-0.25, -0.2) is 4.79 Å². The number of hydrogen-bond donors (Lipinski definition) is 4. The third-order valence-corrected chi connectivity index (χ3v) is 3.04. The van der Waals surface area contributed by atoms with Crippen LogP contribution in [0.3, 0.4) is 0 Å². The van der Waals surface area contributed by atoms with Crippen molar-refractivity contribution in [1.82, 2.24) is 14.9 Å². The van der Waals surface area contributed by atoms with Crippen molar-refractivity contribution in [3.63, 3.8) is 0 Å². The molecule has 1 heterocycles. The first kappa shape index (κ1) is 16.0. The molecule has 1 rings (SSSR count). The standard InChI is InChI=1S/C13H22N4O3/c1-3-5-7-17(8-6-4-2)10(14)9-11(18)15-13(20)16-12(9)19/h14H,3-8H2,1-2H3,(H3,15,16,18,19,20). The second kappa shape index (κ2) is 7.52. The second-order valence-electron chi connectivity index (χ2n) is 4.67. The summed E-state index contributed by atoms with van der Waals surface area (Å²) in [5, 5.41) is 17.8. The molecular formula is C13H22N4O3. The Morgan fingerprint density at radius 1 is 1.15 bits per heavy atom. The van der Waals surface area contributed by atoms with E-state index < -0.39 is 17.1 Å². The number of hydrogen-bond acceptors (Lipinski definition) is 4. The minimum atomic E-state index is -0.780. The summed E-state index contributed by atoms with van der Waals surface area (Å²) in [6.45, 7) is 5.39. The highest BCUT2D eigenvalue weighted by molar-refractivity contribution is 5.97. The Kier molecular flexibility index (Phi) is 6.02. The van der Waals surface area contributed by atoms with Crippen molar-refractivity contribution < 1.29 is 5.11 Å². The van der Waals surface area contributed by atoms with Crippen LogP contribution in [-0.4, -0.2) is 38.9 Å². The van der Waals surface area contributed by atoms with Gasteiger partial charge in [0.05, 0.1) is 0 Å². The molecule has 0 saturated carbocycles. The van der Waals surface area contributed by atoms with Gasteiger partial charge in [-0.2, -0.15) is 0 Å². The summed E-state index contributed by atoms with van der Waals surface area (Å²) in [5.41, 5.74) is -1.70. The van der Waals surface area contributed by atoms with Crippen molar-refractivity contribution in [2.24, 2.45) is 0 Å². The number of H-pyrrole nitrogens is 2. The van der Waals surface area contributed by atoms with Gasteiger partial charge < -0.3 is 10.0 Å². The topological polar surface area (TPSA) is 113 Å². The van der Waals surface area contributed by atoms with Gasteiger partial charge in [0.25, 0.3) is 5.56 Å². The van der Waals surface area contributed by atoms with Crippen LogP contribution in [0.1, 0.15) is 45.1 Å². The van der Waals surface area contributed by atoms with E-state index in [0.29, 0.717) is 13.1 Å². The number of nitrogens with one attached hydrogen (secondary N) is 3. The molecule has 0 aliphatic heterocycles. The van der Waals surface area contributed by atoms with Crippen molar-refractivity contribution in [3.8, 4) is 5.88 Å². The van der Waals surface area contributed by atoms with Crippen molar-refractivity contribution >= 4 is 5.84 Å². The number of rotatable bonds is 7. The monoisotopic (exact) mass is 282 g/mol. The molecule has 7 heteroatoms. The second-order valence-corrected chi connectivity index (χ2v) is 4.67. The van der Waals surface area contributed by atoms with E-state index >= 15 is 0 Å². The lowest BCUT2D eigenvalue weighted by Crippen LogP contribution is -2.38. The minimum Gasteiger partial charge on any atom is -0.494 e. The summed E-state index contributed by atoms with van der Waals surface area (Å²) < 4.78 is 0. The van der Waals surface area contributed by atoms with Crippen molar-refractivity contribution in [3.05, 3.63) is 26.4 Å². The highest BCUT2D eigenvalue weighted by Crippen LogP contribution is 2.11. The van der Waals surface area contributed by atoms with Gasteiger partial charge in [0.15, 0.2) is 0 Å². The molecule has 20 heavy (non-hydrogen) atoms. The molecule has 0 aliphatic rings. The highest BCUT2D eigenvalue weighted by Gasteiger charge is 2.19. The average Bonchev–Trinajstić information content (AvgIpc) is 2.37. The minimum absolute atomic E-state index is 0.0538. The zero-order valence-corrected chi connectivity index (χ0v) is 12.0. The van der Waals surface area contributed by atoms with Crippen LogP contribution in [0.25, 0.3) is 0 Å². The molecular weight excluding hydrogens is 260 g/mol. The first-order valence-electron chi connectivity index (χ1n) is 6.90. The van der Waals surface area contributed by atoms with Gasteiger partial charge in [-0.05, 0) is 12.8 Å². The Morgan fingerprint density at radius 2 is 1.70 bits per heavy atom. The maximum atomic E-state index is 11.8. The number of aromatic hydroxyl groups is 1. The third kappa shape index (κ3) is 3.97. The summed E-state index contributed by atoms with van der Waals surface area (Å²) in [6.07, 6.45) is 3.75. The van der Waals surface area contributed by atoms with E-state index in [9.17, 15) is 14.7 Å². The predicted molar refractivity (Wildman–Crippen MR) is 77.6 cm³/mol. The lowest BCUT2D eigenvalue weighted by molar-refractivity contribution is 0.391. The molecule has 0 aliphatic carbocycles. The Bertz CT molecular complexity index is 553. The lowest BCUT2D eigenvalue weighted by Gasteiger charge is -2.24. The van der Waals surface area contributed by atoms with E-state index in [1.54, 1.807) is 4.90 Å². The van der Waals surface area contributed by atoms with Gasteiger partial charge in [-0.3, -0.25) is 20.2 Å². The number of amidine groups is 1. The van der Waals surface area contributed by atoms with Crippen molar-refractivity contribution in [1.29, 1.82) is 5.41 Å². The van der Waals surface area contributed by atoms with Gasteiger partial charge in [-0.15, -0.1) is 0 Å². The molecule has 112 valence electrons. The summed E-state index contributed by atoms with van der Waals surface area (Å²) in [5.74, 6) is -0.608. The highest BCUT2D eigenvalue weighted by atomic mass is 16.3. The molecule has 0 bridgehead atoms. The zero-order valence-electron chi connectivity index (χ0n) is 12.0. The average molecular weight is 282 g/mol. The molecule has 1 aromatic heterocycles. The van der Waals surface area contributed by atoms with Crippen LogP contribution in [0, 0.1) is 5.41 Å². The molecule has 0 radical (unpaired) electrons. The maximum absolute atomic E-state index is 11.8. The molecule has 1 aromatic rings. The summed E-state index contributed by atoms with van der Waals surface area (Å²) in [7, 11) is 0. The van der Waals surface area contributed by atoms with Gasteiger partial charge in [0.2, 0.25) is 5.88 Å². The van der Waals surface area contributed by atoms with Gasteiger partial charge >= 0.3 is 5.69 Å². The fraction of sp³-hybridized carbons (Fsp3) is 0.615. The Hall–Kier alpha value is -2.05. The van der Waals surface area contributed by atoms with E-state index in [0.717, 1.165) is 25.7 Å². The van der Waals surface area contributed by atoms with E-state index in [1.807, 2.05) is 18.8 Å². The molecule has 0 aromatic carbocycles. The quantitative estimate of drug-likeness (QED) is 0.441. The van der Waals surface area contributed by atoms with Crippen LogP contribution < -0.4 is 11.2 Å². The predicted octanol–water partition coefficient (Wildman–Crippen LogP) is 0.996. The van der Waals surface area contributed by atoms with Crippen molar-refractivity contribution in [2.75, 3.05) is 13.1 Å². The molecule has 0 spiro atoms. The molecule has 0 unspecified atom stereocenters. The van der Waals surface area contributed by atoms with Crippen LogP contribution in [0.5, 0.6) is 5.88 Å². The fourth-order valence-electron chi connectivity index (χ4n) is 1.89. The van der Waals surface area contributed by atoms with Crippen molar-refractivity contribution in [2.45, 2.75) is 39.5 Å². The molecule has 4 N–H and O–H groups in total. The number of nitrogens with zero attached hydrogens (tertiary/aromatic N) is 1. The Balaban J connectivity index is 3.05. The van der Waals surface area contributed by atoms with E-state index in [2.05, 4.69) is 4.98 Å². The van der Waals surface area contributed by atoms with E-state index in [-0.39, 0.29) is 11.4 Å². The summed E-state index contributed by atoms with van der Waals surface area (Å²) in [6, 6.07) is 0. The fourth-order valence-corrected chi connectivity index (χ4v) is 1.89. The molecule has 0 amide bonds. The first-order chi connectivity index (χ1) is 9.51. The lowest BCUT2D eigenvalue weighted by atomic mass is 10.2. The third-order valence-electron chi connectivity index (χ3n) is 3.04. The summed E-state index contributed by atoms with van der Waals surface area (Å²) >= 11 is 0. The van der Waals surface area contributed by atoms with Crippen LogP contribution in [0.2, 0.25) is 0 Å². The van der Waals surface area contributed by atoms with Crippen LogP contribution in [-0.2, 0) is 0 Å². The van der Waals surface area contributed by atoms with Crippen LogP contribution in [0.15, 0.2) is 9.59 Å². The molecule has 0 saturated heterocycles. The Labute approximate surface area is 117 Å². The van der Waals surface area contributed by atoms with Gasteiger partial charge in [-0.1, -0.05) is 26.7 Å². The van der Waals surface area contributed by atoms with Crippen LogP contribution in [0.4, 0.5) is 0 Å². The van der Waals surface area contributed by atoms with E-state index in [4.69, 9.17) is 5.41 Å². The number of aromatic amines is 2. The SMILES string of the molecule is CCCCN(CCCC)C(=N)c1c(O)[nH]c(=O)[nH]c1=O. The maximum Gasteiger partial charge on any atom is 0.328 e. The first-order valence-corrected chi connectivity index (χ1v) is 6.90. The smallest absolute Gasteiger partial charge is 0.328 e. The van der Waals surface area contributed by atoms with Gasteiger partial charge in [0, 0.05) is 13.1 Å². The molecule has 0 atom stereocenters.